The summed E-state index contributed by atoms with van der Waals surface area (Å²) in [5.74, 6) is -0.490. The van der Waals surface area contributed by atoms with Crippen LogP contribution in [0.4, 0.5) is 0 Å². The molecule has 5 heteroatoms. The Morgan fingerprint density at radius 2 is 1.84 bits per heavy atom. The van der Waals surface area contributed by atoms with Gasteiger partial charge in [0.15, 0.2) is 0 Å². The van der Waals surface area contributed by atoms with Crippen molar-refractivity contribution in [2.75, 3.05) is 13.1 Å². The molecule has 1 fully saturated rings. The van der Waals surface area contributed by atoms with Crippen LogP contribution in [-0.2, 0) is 9.59 Å². The molecular weight excluding hydrogens is 242 g/mol. The van der Waals surface area contributed by atoms with E-state index < -0.39 is 5.91 Å². The Morgan fingerprint density at radius 3 is 2.37 bits per heavy atom. The van der Waals surface area contributed by atoms with E-state index in [2.05, 4.69) is 6.92 Å². The second kappa shape index (κ2) is 7.48. The normalized spacial score (nSPS) is 18.0. The molecule has 0 aromatic heterocycles. The fourth-order valence-corrected chi connectivity index (χ4v) is 2.67. The third-order valence-corrected chi connectivity index (χ3v) is 3.83. The van der Waals surface area contributed by atoms with Crippen LogP contribution >= 0.6 is 0 Å². The highest BCUT2D eigenvalue weighted by Crippen LogP contribution is 2.29. The molecule has 4 N–H and O–H groups in total. The van der Waals surface area contributed by atoms with Crippen LogP contribution < -0.4 is 11.5 Å². The van der Waals surface area contributed by atoms with E-state index in [-0.39, 0.29) is 18.0 Å². The van der Waals surface area contributed by atoms with Gasteiger partial charge in [0.05, 0.1) is 6.54 Å². The Kier molecular flexibility index (Phi) is 6.28. The van der Waals surface area contributed by atoms with Gasteiger partial charge in [-0.05, 0) is 19.3 Å². The van der Waals surface area contributed by atoms with Gasteiger partial charge in [-0.15, -0.1) is 0 Å². The summed E-state index contributed by atoms with van der Waals surface area (Å²) in [6.45, 7) is 2.65. The maximum absolute atomic E-state index is 12.3. The fraction of sp³-hybridized carbons (Fsp3) is 0.857. The third-order valence-electron chi connectivity index (χ3n) is 3.83. The molecule has 1 aliphatic carbocycles. The molecule has 0 bridgehead atoms. The molecule has 0 spiro atoms. The third kappa shape index (κ3) is 5.59. The van der Waals surface area contributed by atoms with Crippen LogP contribution in [0.1, 0.15) is 58.3 Å². The molecule has 1 rings (SSSR count). The lowest BCUT2D eigenvalue weighted by Crippen LogP contribution is -2.48. The van der Waals surface area contributed by atoms with Gasteiger partial charge in [0.25, 0.3) is 0 Å². The lowest BCUT2D eigenvalue weighted by atomic mass is 9.80. The average molecular weight is 269 g/mol. The summed E-state index contributed by atoms with van der Waals surface area (Å²) in [5.41, 5.74) is 11.1. The van der Waals surface area contributed by atoms with E-state index in [0.29, 0.717) is 13.0 Å². The first-order chi connectivity index (χ1) is 8.97. The highest BCUT2D eigenvalue weighted by molar-refractivity contribution is 5.84. The van der Waals surface area contributed by atoms with Crippen molar-refractivity contribution in [2.24, 2.45) is 11.5 Å². The molecule has 1 saturated carbocycles. The molecule has 0 saturated heterocycles. The fourth-order valence-electron chi connectivity index (χ4n) is 2.67. The predicted octanol–water partition coefficient (Wildman–Crippen LogP) is 1.15. The maximum Gasteiger partial charge on any atom is 0.237 e. The first kappa shape index (κ1) is 16.0. The number of amides is 2. The smallest absolute Gasteiger partial charge is 0.237 e. The van der Waals surface area contributed by atoms with Gasteiger partial charge in [0.2, 0.25) is 11.8 Å². The molecule has 0 radical (unpaired) electrons. The zero-order chi connectivity index (χ0) is 14.3. The van der Waals surface area contributed by atoms with Crippen LogP contribution in [0.15, 0.2) is 0 Å². The summed E-state index contributed by atoms with van der Waals surface area (Å²) >= 11 is 0. The molecule has 1 aliphatic rings. The van der Waals surface area contributed by atoms with Gasteiger partial charge in [0.1, 0.15) is 0 Å². The predicted molar refractivity (Wildman–Crippen MR) is 75.3 cm³/mol. The van der Waals surface area contributed by atoms with Crippen molar-refractivity contribution >= 4 is 11.8 Å². The standard InChI is InChI=1S/C14H27N3O2/c1-2-3-9-17(11-12(15)18)13(19)10-14(16)7-5-4-6-8-14/h2-11,16H2,1H3,(H2,15,18). The Balaban J connectivity index is 2.56. The average Bonchev–Trinajstić information content (AvgIpc) is 2.34. The minimum Gasteiger partial charge on any atom is -0.368 e. The molecule has 5 nitrogen and oxygen atoms in total. The van der Waals surface area contributed by atoms with Crippen LogP contribution in [0.5, 0.6) is 0 Å². The number of nitrogens with zero attached hydrogens (tertiary/aromatic N) is 1. The van der Waals surface area contributed by atoms with E-state index in [4.69, 9.17) is 11.5 Å². The van der Waals surface area contributed by atoms with Gasteiger partial charge in [-0.25, -0.2) is 0 Å². The molecule has 0 heterocycles. The molecule has 0 unspecified atom stereocenters. The lowest BCUT2D eigenvalue weighted by Gasteiger charge is -2.34. The molecule has 19 heavy (non-hydrogen) atoms. The van der Waals surface area contributed by atoms with Crippen LogP contribution in [0.25, 0.3) is 0 Å². The molecule has 110 valence electrons. The molecule has 2 amide bonds. The van der Waals surface area contributed by atoms with E-state index >= 15 is 0 Å². The van der Waals surface area contributed by atoms with Gasteiger partial charge in [0, 0.05) is 18.5 Å². The Hall–Kier alpha value is -1.10. The van der Waals surface area contributed by atoms with Crippen molar-refractivity contribution in [1.29, 1.82) is 0 Å². The highest BCUT2D eigenvalue weighted by atomic mass is 16.2. The second-order valence-corrected chi connectivity index (χ2v) is 5.73. The summed E-state index contributed by atoms with van der Waals surface area (Å²) in [6.07, 6.45) is 7.39. The van der Waals surface area contributed by atoms with Gasteiger partial charge in [-0.3, -0.25) is 9.59 Å². The number of hydrogen-bond acceptors (Lipinski definition) is 3. The van der Waals surface area contributed by atoms with E-state index in [1.807, 2.05) is 0 Å². The number of nitrogens with two attached hydrogens (primary N) is 2. The number of carbonyl (C=O) groups is 2. The molecular formula is C14H27N3O2. The molecule has 0 aliphatic heterocycles. The van der Waals surface area contributed by atoms with Crippen LogP contribution in [0, 0.1) is 0 Å². The van der Waals surface area contributed by atoms with Crippen molar-refractivity contribution in [3.63, 3.8) is 0 Å². The second-order valence-electron chi connectivity index (χ2n) is 5.73. The summed E-state index contributed by atoms with van der Waals surface area (Å²) in [6, 6.07) is 0. The van der Waals surface area contributed by atoms with Crippen LogP contribution in [-0.4, -0.2) is 35.3 Å². The minimum atomic E-state index is -0.459. The largest absolute Gasteiger partial charge is 0.368 e. The number of rotatable bonds is 7. The van der Waals surface area contributed by atoms with Gasteiger partial charge >= 0.3 is 0 Å². The Labute approximate surface area is 115 Å². The molecule has 0 atom stereocenters. The first-order valence-electron chi connectivity index (χ1n) is 7.32. The maximum atomic E-state index is 12.3. The quantitative estimate of drug-likeness (QED) is 0.726. The van der Waals surface area contributed by atoms with Crippen LogP contribution in [0.2, 0.25) is 0 Å². The number of carbonyl (C=O) groups excluding carboxylic acids is 2. The Morgan fingerprint density at radius 1 is 1.21 bits per heavy atom. The zero-order valence-electron chi connectivity index (χ0n) is 12.0. The number of primary amides is 1. The van der Waals surface area contributed by atoms with Crippen molar-refractivity contribution in [2.45, 2.75) is 63.8 Å². The number of unbranched alkanes of at least 4 members (excludes halogenated alkanes) is 1. The van der Waals surface area contributed by atoms with E-state index in [1.54, 1.807) is 4.90 Å². The molecule has 0 aromatic rings. The van der Waals surface area contributed by atoms with Crippen LogP contribution in [0.3, 0.4) is 0 Å². The number of hydrogen-bond donors (Lipinski definition) is 2. The summed E-state index contributed by atoms with van der Waals surface area (Å²) in [4.78, 5) is 24.9. The van der Waals surface area contributed by atoms with Crippen molar-refractivity contribution in [1.82, 2.24) is 4.90 Å². The van der Waals surface area contributed by atoms with Gasteiger partial charge < -0.3 is 16.4 Å². The minimum absolute atomic E-state index is 0.00884. The topological polar surface area (TPSA) is 89.4 Å². The SMILES string of the molecule is CCCCN(CC(N)=O)C(=O)CC1(N)CCCCC1. The zero-order valence-corrected chi connectivity index (χ0v) is 12.0. The van der Waals surface area contributed by atoms with Gasteiger partial charge in [-0.1, -0.05) is 32.6 Å². The Bertz CT molecular complexity index is 312. The van der Waals surface area contributed by atoms with Crippen molar-refractivity contribution in [3.05, 3.63) is 0 Å². The van der Waals surface area contributed by atoms with Crippen molar-refractivity contribution < 1.29 is 9.59 Å². The molecule has 0 aromatic carbocycles. The first-order valence-corrected chi connectivity index (χ1v) is 7.32. The van der Waals surface area contributed by atoms with E-state index in [1.165, 1.54) is 6.42 Å². The van der Waals surface area contributed by atoms with E-state index in [0.717, 1.165) is 38.5 Å². The highest BCUT2D eigenvalue weighted by Gasteiger charge is 2.31. The summed E-state index contributed by atoms with van der Waals surface area (Å²) in [7, 11) is 0. The van der Waals surface area contributed by atoms with E-state index in [9.17, 15) is 9.59 Å². The summed E-state index contributed by atoms with van der Waals surface area (Å²) < 4.78 is 0. The lowest BCUT2D eigenvalue weighted by molar-refractivity contribution is -0.136. The monoisotopic (exact) mass is 269 g/mol. The van der Waals surface area contributed by atoms with Crippen molar-refractivity contribution in [3.8, 4) is 0 Å². The van der Waals surface area contributed by atoms with Gasteiger partial charge in [-0.2, -0.15) is 0 Å². The summed E-state index contributed by atoms with van der Waals surface area (Å²) in [5, 5.41) is 0.